The Morgan fingerprint density at radius 3 is 2.31 bits per heavy atom. The van der Waals surface area contributed by atoms with Crippen LogP contribution in [0.2, 0.25) is 0 Å². The number of piperazine rings is 1. The summed E-state index contributed by atoms with van der Waals surface area (Å²) in [5, 5.41) is 2.77. The van der Waals surface area contributed by atoms with E-state index in [1.165, 1.54) is 0 Å². The van der Waals surface area contributed by atoms with Crippen LogP contribution in [0.15, 0.2) is 48.5 Å². The average molecular weight is 397 g/mol. The Morgan fingerprint density at radius 2 is 1.66 bits per heavy atom. The molecule has 0 aliphatic carbocycles. The molecule has 0 aromatic heterocycles. The Morgan fingerprint density at radius 1 is 0.966 bits per heavy atom. The Labute approximate surface area is 171 Å². The zero-order chi connectivity index (χ0) is 20.6. The van der Waals surface area contributed by atoms with Crippen molar-refractivity contribution < 1.29 is 19.1 Å². The quantitative estimate of drug-likeness (QED) is 0.724. The summed E-state index contributed by atoms with van der Waals surface area (Å²) in [5.41, 5.74) is 2.12. The van der Waals surface area contributed by atoms with E-state index >= 15 is 0 Å². The molecule has 0 spiro atoms. The van der Waals surface area contributed by atoms with Gasteiger partial charge in [0.05, 0.1) is 13.7 Å². The molecule has 2 aromatic carbocycles. The van der Waals surface area contributed by atoms with Crippen LogP contribution in [0.1, 0.15) is 20.7 Å². The van der Waals surface area contributed by atoms with Gasteiger partial charge < -0.3 is 24.6 Å². The SMILES string of the molecule is COCCNC(=O)c1cccc(C(=O)N2CCN(c3ccc(OC)cc3)CC2)c1. The van der Waals surface area contributed by atoms with E-state index in [0.29, 0.717) is 37.4 Å². The first-order valence-corrected chi connectivity index (χ1v) is 9.68. The minimum Gasteiger partial charge on any atom is -0.497 e. The van der Waals surface area contributed by atoms with Crippen LogP contribution >= 0.6 is 0 Å². The van der Waals surface area contributed by atoms with E-state index in [1.54, 1.807) is 38.5 Å². The van der Waals surface area contributed by atoms with Crippen LogP contribution in [0.25, 0.3) is 0 Å². The molecular formula is C22H27N3O4. The lowest BCUT2D eigenvalue weighted by Gasteiger charge is -2.36. The fraction of sp³-hybridized carbons (Fsp3) is 0.364. The molecule has 1 fully saturated rings. The van der Waals surface area contributed by atoms with Gasteiger partial charge in [-0.15, -0.1) is 0 Å². The lowest BCUT2D eigenvalue weighted by molar-refractivity contribution is 0.0747. The van der Waals surface area contributed by atoms with Crippen LogP contribution in [-0.2, 0) is 4.74 Å². The Bertz CT molecular complexity index is 830. The summed E-state index contributed by atoms with van der Waals surface area (Å²) in [6.45, 7) is 3.67. The zero-order valence-electron chi connectivity index (χ0n) is 16.9. The first-order chi connectivity index (χ1) is 14.1. The monoisotopic (exact) mass is 397 g/mol. The maximum Gasteiger partial charge on any atom is 0.253 e. The van der Waals surface area contributed by atoms with Crippen LogP contribution in [0.5, 0.6) is 5.75 Å². The van der Waals surface area contributed by atoms with Crippen molar-refractivity contribution in [2.45, 2.75) is 0 Å². The number of nitrogens with zero attached hydrogens (tertiary/aromatic N) is 2. The third-order valence-electron chi connectivity index (χ3n) is 4.97. The van der Waals surface area contributed by atoms with E-state index in [9.17, 15) is 9.59 Å². The predicted octanol–water partition coefficient (Wildman–Crippen LogP) is 2.03. The molecule has 2 amide bonds. The molecule has 2 aromatic rings. The van der Waals surface area contributed by atoms with Crippen molar-refractivity contribution >= 4 is 17.5 Å². The molecule has 7 heteroatoms. The van der Waals surface area contributed by atoms with Gasteiger partial charge in [0, 0.05) is 56.6 Å². The van der Waals surface area contributed by atoms with E-state index in [0.717, 1.165) is 24.5 Å². The summed E-state index contributed by atoms with van der Waals surface area (Å²) >= 11 is 0. The zero-order valence-corrected chi connectivity index (χ0v) is 16.9. The van der Waals surface area contributed by atoms with Crippen molar-refractivity contribution in [1.82, 2.24) is 10.2 Å². The molecule has 1 aliphatic rings. The van der Waals surface area contributed by atoms with Crippen LogP contribution in [-0.4, -0.2) is 70.3 Å². The Hall–Kier alpha value is -3.06. The molecule has 1 saturated heterocycles. The molecule has 0 saturated carbocycles. The third kappa shape index (κ3) is 5.26. The Balaban J connectivity index is 1.58. The number of hydrogen-bond acceptors (Lipinski definition) is 5. The van der Waals surface area contributed by atoms with Crippen LogP contribution in [0.4, 0.5) is 5.69 Å². The van der Waals surface area contributed by atoms with Crippen molar-refractivity contribution in [3.05, 3.63) is 59.7 Å². The number of rotatable bonds is 7. The normalized spacial score (nSPS) is 13.9. The lowest BCUT2D eigenvalue weighted by Crippen LogP contribution is -2.48. The molecule has 29 heavy (non-hydrogen) atoms. The highest BCUT2D eigenvalue weighted by molar-refractivity contribution is 5.99. The number of nitrogens with one attached hydrogen (secondary N) is 1. The number of ether oxygens (including phenoxy) is 2. The van der Waals surface area contributed by atoms with E-state index in [2.05, 4.69) is 10.2 Å². The van der Waals surface area contributed by atoms with Crippen molar-refractivity contribution in [1.29, 1.82) is 0 Å². The highest BCUT2D eigenvalue weighted by Crippen LogP contribution is 2.21. The second-order valence-electron chi connectivity index (χ2n) is 6.81. The predicted molar refractivity (Wildman–Crippen MR) is 112 cm³/mol. The Kier molecular flexibility index (Phi) is 7.08. The minimum absolute atomic E-state index is 0.0501. The third-order valence-corrected chi connectivity index (χ3v) is 4.97. The second-order valence-corrected chi connectivity index (χ2v) is 6.81. The number of methoxy groups -OCH3 is 2. The van der Waals surface area contributed by atoms with Crippen LogP contribution in [0, 0.1) is 0 Å². The van der Waals surface area contributed by atoms with E-state index in [-0.39, 0.29) is 11.8 Å². The number of carbonyl (C=O) groups excluding carboxylic acids is 2. The highest BCUT2D eigenvalue weighted by atomic mass is 16.5. The molecule has 1 N–H and O–H groups in total. The number of carbonyl (C=O) groups is 2. The molecule has 0 atom stereocenters. The molecule has 1 heterocycles. The molecule has 3 rings (SSSR count). The maximum atomic E-state index is 12.9. The van der Waals surface area contributed by atoms with Gasteiger partial charge in [0.15, 0.2) is 0 Å². The van der Waals surface area contributed by atoms with Crippen LogP contribution < -0.4 is 15.0 Å². The number of benzene rings is 2. The maximum absolute atomic E-state index is 12.9. The summed E-state index contributed by atoms with van der Waals surface area (Å²) in [5.74, 6) is 0.570. The number of anilines is 1. The highest BCUT2D eigenvalue weighted by Gasteiger charge is 2.23. The molecular weight excluding hydrogens is 370 g/mol. The van der Waals surface area contributed by atoms with Gasteiger partial charge in [0.25, 0.3) is 11.8 Å². The van der Waals surface area contributed by atoms with E-state index in [4.69, 9.17) is 9.47 Å². The summed E-state index contributed by atoms with van der Waals surface area (Å²) in [7, 11) is 3.23. The van der Waals surface area contributed by atoms with Gasteiger partial charge >= 0.3 is 0 Å². The minimum atomic E-state index is -0.207. The van der Waals surface area contributed by atoms with Gasteiger partial charge in [0.2, 0.25) is 0 Å². The largest absolute Gasteiger partial charge is 0.497 e. The van der Waals surface area contributed by atoms with Crippen molar-refractivity contribution in [3.63, 3.8) is 0 Å². The van der Waals surface area contributed by atoms with Gasteiger partial charge in [-0.2, -0.15) is 0 Å². The fourth-order valence-corrected chi connectivity index (χ4v) is 3.31. The van der Waals surface area contributed by atoms with Gasteiger partial charge in [-0.3, -0.25) is 9.59 Å². The van der Waals surface area contributed by atoms with Gasteiger partial charge in [0.1, 0.15) is 5.75 Å². The first kappa shape index (κ1) is 20.7. The molecule has 1 aliphatic heterocycles. The standard InChI is InChI=1S/C22H27N3O4/c1-28-15-10-23-21(26)17-4-3-5-18(16-17)22(27)25-13-11-24(12-14-25)19-6-8-20(29-2)9-7-19/h3-9,16H,10-15H2,1-2H3,(H,23,26). The molecule has 7 nitrogen and oxygen atoms in total. The number of hydrogen-bond donors (Lipinski definition) is 1. The van der Waals surface area contributed by atoms with Crippen molar-refractivity contribution in [3.8, 4) is 5.75 Å². The fourth-order valence-electron chi connectivity index (χ4n) is 3.31. The topological polar surface area (TPSA) is 71.1 Å². The van der Waals surface area contributed by atoms with E-state index < -0.39 is 0 Å². The van der Waals surface area contributed by atoms with Gasteiger partial charge in [-0.05, 0) is 42.5 Å². The van der Waals surface area contributed by atoms with Gasteiger partial charge in [-0.1, -0.05) is 6.07 Å². The summed E-state index contributed by atoms with van der Waals surface area (Å²) in [6.07, 6.45) is 0. The van der Waals surface area contributed by atoms with Crippen molar-refractivity contribution in [2.75, 3.05) is 58.5 Å². The van der Waals surface area contributed by atoms with Crippen LogP contribution in [0.3, 0.4) is 0 Å². The summed E-state index contributed by atoms with van der Waals surface area (Å²) in [4.78, 5) is 29.2. The van der Waals surface area contributed by atoms with Crippen molar-refractivity contribution in [2.24, 2.45) is 0 Å². The lowest BCUT2D eigenvalue weighted by atomic mass is 10.1. The number of amides is 2. The first-order valence-electron chi connectivity index (χ1n) is 9.68. The average Bonchev–Trinajstić information content (AvgIpc) is 2.79. The smallest absolute Gasteiger partial charge is 0.253 e. The molecule has 0 bridgehead atoms. The molecule has 0 unspecified atom stereocenters. The molecule has 154 valence electrons. The van der Waals surface area contributed by atoms with Gasteiger partial charge in [-0.25, -0.2) is 0 Å². The van der Waals surface area contributed by atoms with E-state index in [1.807, 2.05) is 29.2 Å². The molecule has 0 radical (unpaired) electrons. The summed E-state index contributed by atoms with van der Waals surface area (Å²) in [6, 6.07) is 14.8. The summed E-state index contributed by atoms with van der Waals surface area (Å²) < 4.78 is 10.1. The second kappa shape index (κ2) is 9.93.